The quantitative estimate of drug-likeness (QED) is 0.0382. The molecule has 0 heterocycles. The predicted molar refractivity (Wildman–Crippen MR) is 181 cm³/mol. The van der Waals surface area contributed by atoms with E-state index in [1.165, 1.54) is 64.4 Å². The van der Waals surface area contributed by atoms with Gasteiger partial charge in [0.2, 0.25) is 0 Å². The summed E-state index contributed by atoms with van der Waals surface area (Å²) < 4.78 is 16.6. The molecule has 246 valence electrons. The molecule has 0 amide bonds. The fourth-order valence-electron chi connectivity index (χ4n) is 4.75. The maximum atomic E-state index is 12.8. The molecular weight excluding hydrogens is 580 g/mol. The Bertz CT molecular complexity index is 1400. The van der Waals surface area contributed by atoms with Gasteiger partial charge in [-0.2, -0.15) is 5.11 Å². The molecule has 0 aromatic heterocycles. The topological polar surface area (TPSA) is 104 Å². The van der Waals surface area contributed by atoms with Gasteiger partial charge in [-0.1, -0.05) is 78.1 Å². The lowest BCUT2D eigenvalue weighted by Crippen LogP contribution is -2.09. The van der Waals surface area contributed by atoms with Gasteiger partial charge in [0, 0.05) is 5.56 Å². The Kier molecular flexibility index (Phi) is 16.2. The van der Waals surface area contributed by atoms with Gasteiger partial charge < -0.3 is 14.2 Å². The molecule has 0 bridgehead atoms. The first-order valence-electron chi connectivity index (χ1n) is 16.7. The minimum Gasteiger partial charge on any atom is -0.494 e. The summed E-state index contributed by atoms with van der Waals surface area (Å²) in [6.07, 6.45) is 14.5. The summed E-state index contributed by atoms with van der Waals surface area (Å²) in [5, 5.41) is 8.41. The molecule has 0 radical (unpaired) electrons. The number of unbranched alkanes of at least 4 members (excludes halogenated alkanes) is 10. The van der Waals surface area contributed by atoms with E-state index >= 15 is 0 Å². The van der Waals surface area contributed by atoms with E-state index < -0.39 is 5.97 Å². The van der Waals surface area contributed by atoms with E-state index in [1.54, 1.807) is 60.7 Å². The van der Waals surface area contributed by atoms with E-state index in [2.05, 4.69) is 17.2 Å². The minimum atomic E-state index is -0.543. The van der Waals surface area contributed by atoms with Crippen LogP contribution >= 0.6 is 0 Å². The Morgan fingerprint density at radius 1 is 0.587 bits per heavy atom. The van der Waals surface area contributed by atoms with Crippen molar-refractivity contribution in [3.63, 3.8) is 0 Å². The minimum absolute atomic E-state index is 0.223. The Labute approximate surface area is 273 Å². The lowest BCUT2D eigenvalue weighted by molar-refractivity contribution is 0.0499. The van der Waals surface area contributed by atoms with Crippen LogP contribution in [0.15, 0.2) is 77.0 Å². The van der Waals surface area contributed by atoms with Crippen LogP contribution in [0, 0.1) is 0 Å². The zero-order chi connectivity index (χ0) is 33.0. The second-order valence-corrected chi connectivity index (χ2v) is 11.4. The summed E-state index contributed by atoms with van der Waals surface area (Å²) in [4.78, 5) is 37.2. The van der Waals surface area contributed by atoms with Crippen LogP contribution in [0.1, 0.15) is 129 Å². The first-order valence-corrected chi connectivity index (χ1v) is 16.7. The summed E-state index contributed by atoms with van der Waals surface area (Å²) in [6, 6.07) is 18.0. The van der Waals surface area contributed by atoms with Crippen molar-refractivity contribution >= 4 is 29.1 Å². The summed E-state index contributed by atoms with van der Waals surface area (Å²) >= 11 is 0. The van der Waals surface area contributed by atoms with Gasteiger partial charge in [-0.15, -0.1) is 5.11 Å². The summed E-state index contributed by atoms with van der Waals surface area (Å²) in [5.41, 5.74) is 1.90. The van der Waals surface area contributed by atoms with E-state index in [0.717, 1.165) is 25.7 Å². The largest absolute Gasteiger partial charge is 0.494 e. The first-order chi connectivity index (χ1) is 22.4. The van der Waals surface area contributed by atoms with Crippen molar-refractivity contribution in [3.05, 3.63) is 83.4 Å². The van der Waals surface area contributed by atoms with Gasteiger partial charge in [0.15, 0.2) is 5.78 Å². The zero-order valence-electron chi connectivity index (χ0n) is 27.6. The lowest BCUT2D eigenvalue weighted by Gasteiger charge is -2.09. The Hall–Kier alpha value is -4.33. The number of esters is 2. The highest BCUT2D eigenvalue weighted by molar-refractivity contribution is 5.99. The summed E-state index contributed by atoms with van der Waals surface area (Å²) in [5.74, 6) is -0.242. The van der Waals surface area contributed by atoms with Crippen LogP contribution in [-0.4, -0.2) is 30.9 Å². The van der Waals surface area contributed by atoms with Crippen LogP contribution in [0.25, 0.3) is 0 Å². The predicted octanol–water partition coefficient (Wildman–Crippen LogP) is 10.8. The van der Waals surface area contributed by atoms with E-state index in [4.69, 9.17) is 14.2 Å². The number of azo groups is 1. The molecule has 3 rings (SSSR count). The molecule has 0 saturated carbocycles. The molecule has 0 aliphatic rings. The van der Waals surface area contributed by atoms with E-state index in [1.807, 2.05) is 6.92 Å². The average molecular weight is 629 g/mol. The van der Waals surface area contributed by atoms with Crippen molar-refractivity contribution in [2.75, 3.05) is 13.2 Å². The summed E-state index contributed by atoms with van der Waals surface area (Å²) in [7, 11) is 0. The van der Waals surface area contributed by atoms with Gasteiger partial charge in [-0.05, 0) is 86.5 Å². The van der Waals surface area contributed by atoms with E-state index in [9.17, 15) is 14.4 Å². The smallest absolute Gasteiger partial charge is 0.343 e. The van der Waals surface area contributed by atoms with Crippen LogP contribution in [-0.2, 0) is 4.74 Å². The standard InChI is InChI=1S/C38H48N2O6/c1-4-6-8-9-10-11-12-13-14-15-27-44-33-22-18-31(19-23-33)38(43)46-34-24-25-36(35(28-34)29(3)41)40-39-32-20-16-30(17-21-32)37(42)45-26-7-5-2/h16-25,28H,4-15,26-27H2,1-3H3. The van der Waals surface area contributed by atoms with Crippen LogP contribution < -0.4 is 9.47 Å². The maximum absolute atomic E-state index is 12.8. The Morgan fingerprint density at radius 3 is 1.78 bits per heavy atom. The second-order valence-electron chi connectivity index (χ2n) is 11.4. The van der Waals surface area contributed by atoms with Gasteiger partial charge >= 0.3 is 11.9 Å². The highest BCUT2D eigenvalue weighted by Crippen LogP contribution is 2.28. The van der Waals surface area contributed by atoms with Crippen molar-refractivity contribution < 1.29 is 28.6 Å². The van der Waals surface area contributed by atoms with Crippen molar-refractivity contribution in [1.82, 2.24) is 0 Å². The molecule has 0 N–H and O–H groups in total. The van der Waals surface area contributed by atoms with E-state index in [0.29, 0.717) is 41.5 Å². The molecule has 0 aliphatic carbocycles. The van der Waals surface area contributed by atoms with Crippen LogP contribution in [0.5, 0.6) is 11.5 Å². The molecule has 0 fully saturated rings. The third-order valence-electron chi connectivity index (χ3n) is 7.52. The van der Waals surface area contributed by atoms with E-state index in [-0.39, 0.29) is 23.1 Å². The normalized spacial score (nSPS) is 11.0. The van der Waals surface area contributed by atoms with Gasteiger partial charge in [-0.3, -0.25) is 4.79 Å². The number of rotatable bonds is 21. The van der Waals surface area contributed by atoms with Gasteiger partial charge in [0.05, 0.1) is 35.7 Å². The molecular formula is C38H48N2O6. The highest BCUT2D eigenvalue weighted by Gasteiger charge is 2.14. The number of hydrogen-bond acceptors (Lipinski definition) is 8. The van der Waals surface area contributed by atoms with Crippen LogP contribution in [0.4, 0.5) is 11.4 Å². The molecule has 3 aromatic carbocycles. The fourth-order valence-corrected chi connectivity index (χ4v) is 4.75. The number of Topliss-reactive ketones (excluding diaryl/α,β-unsaturated/α-hetero) is 1. The molecule has 46 heavy (non-hydrogen) atoms. The number of ketones is 1. The first kappa shape index (κ1) is 36.1. The lowest BCUT2D eigenvalue weighted by atomic mass is 10.1. The third-order valence-corrected chi connectivity index (χ3v) is 7.52. The van der Waals surface area contributed by atoms with Crippen molar-refractivity contribution in [2.24, 2.45) is 10.2 Å². The molecule has 0 unspecified atom stereocenters. The molecule has 3 aromatic rings. The second kappa shape index (κ2) is 20.7. The fraction of sp³-hybridized carbons (Fsp3) is 0.447. The number of ether oxygens (including phenoxy) is 3. The highest BCUT2D eigenvalue weighted by atomic mass is 16.5. The number of nitrogens with zero attached hydrogens (tertiary/aromatic N) is 2. The number of benzene rings is 3. The monoisotopic (exact) mass is 628 g/mol. The molecule has 0 spiro atoms. The van der Waals surface area contributed by atoms with Gasteiger partial charge in [-0.25, -0.2) is 9.59 Å². The summed E-state index contributed by atoms with van der Waals surface area (Å²) in [6.45, 7) is 6.72. The van der Waals surface area contributed by atoms with Crippen LogP contribution in [0.3, 0.4) is 0 Å². The Balaban J connectivity index is 1.46. The number of carbonyl (C=O) groups excluding carboxylic acids is 3. The SMILES string of the molecule is CCCCCCCCCCCCOc1ccc(C(=O)Oc2ccc(N=Nc3ccc(C(=O)OCCCC)cc3)c(C(C)=O)c2)cc1. The van der Waals surface area contributed by atoms with Gasteiger partial charge in [0.25, 0.3) is 0 Å². The maximum Gasteiger partial charge on any atom is 0.343 e. The number of carbonyl (C=O) groups is 3. The molecule has 0 saturated heterocycles. The van der Waals surface area contributed by atoms with Crippen molar-refractivity contribution in [2.45, 2.75) is 97.8 Å². The van der Waals surface area contributed by atoms with Crippen LogP contribution in [0.2, 0.25) is 0 Å². The van der Waals surface area contributed by atoms with Crippen molar-refractivity contribution in [1.29, 1.82) is 0 Å². The number of hydrogen-bond donors (Lipinski definition) is 0. The average Bonchev–Trinajstić information content (AvgIpc) is 3.07. The molecule has 8 heteroatoms. The Morgan fingerprint density at radius 2 is 1.15 bits per heavy atom. The molecule has 8 nitrogen and oxygen atoms in total. The van der Waals surface area contributed by atoms with Crippen molar-refractivity contribution in [3.8, 4) is 11.5 Å². The third kappa shape index (κ3) is 13.0. The molecule has 0 aliphatic heterocycles. The zero-order valence-corrected chi connectivity index (χ0v) is 27.6. The van der Waals surface area contributed by atoms with Gasteiger partial charge in [0.1, 0.15) is 11.5 Å². The molecule has 0 atom stereocenters.